The van der Waals surface area contributed by atoms with Crippen molar-refractivity contribution in [3.63, 3.8) is 0 Å². The first-order chi connectivity index (χ1) is 16.9. The second-order valence-electron chi connectivity index (χ2n) is 8.49. The van der Waals surface area contributed by atoms with E-state index in [-0.39, 0.29) is 28.4 Å². The van der Waals surface area contributed by atoms with E-state index in [4.69, 9.17) is 0 Å². The van der Waals surface area contributed by atoms with E-state index in [0.717, 1.165) is 5.56 Å². The summed E-state index contributed by atoms with van der Waals surface area (Å²) in [5.74, 6) is -0.808. The molecule has 0 spiro atoms. The molecular weight excluding hydrogens is 451 g/mol. The van der Waals surface area contributed by atoms with Crippen molar-refractivity contribution in [1.82, 2.24) is 29.8 Å². The van der Waals surface area contributed by atoms with Gasteiger partial charge >= 0.3 is 0 Å². The van der Waals surface area contributed by atoms with Gasteiger partial charge in [-0.05, 0) is 25.1 Å². The zero-order valence-electron chi connectivity index (χ0n) is 19.3. The van der Waals surface area contributed by atoms with Crippen LogP contribution < -0.4 is 15.8 Å². The highest BCUT2D eigenvalue weighted by Crippen LogP contribution is 2.24. The first-order valence-electron chi connectivity index (χ1n) is 11.2. The lowest BCUT2D eigenvalue weighted by atomic mass is 10.1. The van der Waals surface area contributed by atoms with Crippen LogP contribution in [0.25, 0.3) is 16.6 Å². The Balaban J connectivity index is 1.34. The summed E-state index contributed by atoms with van der Waals surface area (Å²) in [5.41, 5.74) is 2.97. The van der Waals surface area contributed by atoms with Gasteiger partial charge in [0.15, 0.2) is 11.5 Å². The van der Waals surface area contributed by atoms with E-state index in [1.807, 2.05) is 4.90 Å². The van der Waals surface area contributed by atoms with Crippen LogP contribution in [0.1, 0.15) is 27.3 Å². The fraction of sp³-hybridized carbons (Fsp3) is 0.292. The number of nitrogens with zero attached hydrogens (tertiary/aromatic N) is 6. The van der Waals surface area contributed by atoms with Crippen molar-refractivity contribution < 1.29 is 9.18 Å². The number of benzene rings is 1. The molecule has 11 heteroatoms. The van der Waals surface area contributed by atoms with E-state index >= 15 is 4.39 Å². The van der Waals surface area contributed by atoms with Crippen molar-refractivity contribution >= 4 is 28.1 Å². The van der Waals surface area contributed by atoms with E-state index in [1.165, 1.54) is 11.6 Å². The normalized spacial score (nSPS) is 14.4. The molecule has 1 fully saturated rings. The summed E-state index contributed by atoms with van der Waals surface area (Å²) >= 11 is 0. The van der Waals surface area contributed by atoms with Crippen LogP contribution in [0.15, 0.2) is 35.3 Å². The molecule has 0 bridgehead atoms. The third kappa shape index (κ3) is 3.87. The number of amides is 1. The van der Waals surface area contributed by atoms with E-state index in [0.29, 0.717) is 55.0 Å². The summed E-state index contributed by atoms with van der Waals surface area (Å²) in [5, 5.41) is 16.3. The minimum atomic E-state index is -0.460. The van der Waals surface area contributed by atoms with E-state index < -0.39 is 5.82 Å². The molecule has 0 saturated carbocycles. The second-order valence-corrected chi connectivity index (χ2v) is 8.49. The Labute approximate surface area is 199 Å². The molecule has 1 aliphatic heterocycles. The zero-order valence-corrected chi connectivity index (χ0v) is 19.3. The van der Waals surface area contributed by atoms with Gasteiger partial charge in [-0.2, -0.15) is 10.4 Å². The number of fused-ring (bicyclic) bond motifs is 3. The van der Waals surface area contributed by atoms with Gasteiger partial charge in [-0.3, -0.25) is 14.5 Å². The van der Waals surface area contributed by atoms with Crippen LogP contribution in [0.5, 0.6) is 0 Å². The molecule has 3 aromatic heterocycles. The molecule has 1 saturated heterocycles. The maximum absolute atomic E-state index is 15.4. The molecule has 35 heavy (non-hydrogen) atoms. The number of anilines is 1. The highest BCUT2D eigenvalue weighted by Gasteiger charge is 2.23. The molecule has 0 aliphatic carbocycles. The predicted octanol–water partition coefficient (Wildman–Crippen LogP) is 1.57. The Morgan fingerprint density at radius 3 is 2.71 bits per heavy atom. The third-order valence-electron chi connectivity index (χ3n) is 6.38. The number of hydrogen-bond donors (Lipinski definition) is 2. The number of pyridine rings is 1. The van der Waals surface area contributed by atoms with Gasteiger partial charge in [0.05, 0.1) is 17.4 Å². The van der Waals surface area contributed by atoms with Crippen molar-refractivity contribution in [3.8, 4) is 6.07 Å². The van der Waals surface area contributed by atoms with Gasteiger partial charge in [0.25, 0.3) is 11.5 Å². The van der Waals surface area contributed by atoms with Gasteiger partial charge in [-0.15, -0.1) is 0 Å². The van der Waals surface area contributed by atoms with Gasteiger partial charge in [0.2, 0.25) is 0 Å². The van der Waals surface area contributed by atoms with Crippen LogP contribution in [0.4, 0.5) is 10.1 Å². The standard InChI is InChI=1S/C24H23FN8O2/c1-14-12-28-33-19-5-3-15(20(25)21(19)30-24(35)22(14)33)13-31-7-9-32(10-8-31)18-6-4-16(23(34)27-2)29-17(18)11-26/h3-6,12H,7-10,13H2,1-2H3,(H,27,34)(H,30,35). The Morgan fingerprint density at radius 1 is 1.23 bits per heavy atom. The molecule has 1 amide bonds. The number of H-pyrrole nitrogens is 1. The number of halogens is 1. The second kappa shape index (κ2) is 8.81. The quantitative estimate of drug-likeness (QED) is 0.460. The number of carbonyl (C=O) groups is 1. The van der Waals surface area contributed by atoms with Gasteiger partial charge in [-0.1, -0.05) is 6.07 Å². The van der Waals surface area contributed by atoms with Gasteiger partial charge < -0.3 is 15.2 Å². The van der Waals surface area contributed by atoms with Crippen molar-refractivity contribution in [2.24, 2.45) is 0 Å². The average Bonchev–Trinajstić information content (AvgIpc) is 3.28. The van der Waals surface area contributed by atoms with Crippen LogP contribution in [0.3, 0.4) is 0 Å². The topological polar surface area (TPSA) is 122 Å². The first-order valence-corrected chi connectivity index (χ1v) is 11.2. The van der Waals surface area contributed by atoms with E-state index in [9.17, 15) is 14.9 Å². The maximum Gasteiger partial charge on any atom is 0.274 e. The smallest absolute Gasteiger partial charge is 0.274 e. The number of carbonyl (C=O) groups excluding carboxylic acids is 1. The minimum Gasteiger partial charge on any atom is -0.367 e. The van der Waals surface area contributed by atoms with Crippen LogP contribution in [-0.2, 0) is 6.54 Å². The van der Waals surface area contributed by atoms with Crippen molar-refractivity contribution in [3.05, 3.63) is 69.1 Å². The van der Waals surface area contributed by atoms with Crippen molar-refractivity contribution in [1.29, 1.82) is 5.26 Å². The monoisotopic (exact) mass is 474 g/mol. The van der Waals surface area contributed by atoms with Crippen molar-refractivity contribution in [2.45, 2.75) is 13.5 Å². The average molecular weight is 475 g/mol. The molecule has 0 radical (unpaired) electrons. The lowest BCUT2D eigenvalue weighted by Crippen LogP contribution is -2.46. The Hall–Kier alpha value is -4.30. The molecular formula is C24H23FN8O2. The Kier molecular flexibility index (Phi) is 5.66. The molecule has 2 N–H and O–H groups in total. The molecule has 1 aliphatic rings. The van der Waals surface area contributed by atoms with Crippen LogP contribution in [0, 0.1) is 24.1 Å². The SMILES string of the molecule is CNC(=O)c1ccc(N2CCN(Cc3ccc4c([nH]c(=O)c5c(C)cnn54)c3F)CC2)c(C#N)n1. The van der Waals surface area contributed by atoms with E-state index in [2.05, 4.69) is 31.4 Å². The summed E-state index contributed by atoms with van der Waals surface area (Å²) in [6, 6.07) is 8.92. The highest BCUT2D eigenvalue weighted by atomic mass is 19.1. The highest BCUT2D eigenvalue weighted by molar-refractivity contribution is 5.92. The Morgan fingerprint density at radius 2 is 2.00 bits per heavy atom. The van der Waals surface area contributed by atoms with Crippen LogP contribution in [0.2, 0.25) is 0 Å². The maximum atomic E-state index is 15.4. The number of aromatic nitrogens is 4. The molecule has 1 aromatic carbocycles. The van der Waals surface area contributed by atoms with Gasteiger partial charge in [-0.25, -0.2) is 13.9 Å². The molecule has 10 nitrogen and oxygen atoms in total. The predicted molar refractivity (Wildman–Crippen MR) is 128 cm³/mol. The Bertz CT molecular complexity index is 1560. The molecule has 178 valence electrons. The van der Waals surface area contributed by atoms with Crippen molar-refractivity contribution in [2.75, 3.05) is 38.1 Å². The fourth-order valence-electron chi connectivity index (χ4n) is 4.52. The van der Waals surface area contributed by atoms with Gasteiger partial charge in [0, 0.05) is 50.9 Å². The summed E-state index contributed by atoms with van der Waals surface area (Å²) in [7, 11) is 1.51. The third-order valence-corrected chi connectivity index (χ3v) is 6.38. The number of aromatic amines is 1. The number of piperazine rings is 1. The number of aryl methyl sites for hydroxylation is 1. The number of nitriles is 1. The molecule has 0 unspecified atom stereocenters. The molecule has 4 heterocycles. The van der Waals surface area contributed by atoms with Crippen LogP contribution in [-0.4, -0.2) is 63.6 Å². The lowest BCUT2D eigenvalue weighted by Gasteiger charge is -2.36. The summed E-state index contributed by atoms with van der Waals surface area (Å²) in [6.45, 7) is 4.71. The molecule has 0 atom stereocenters. The first kappa shape index (κ1) is 22.5. The zero-order chi connectivity index (χ0) is 24.7. The van der Waals surface area contributed by atoms with E-state index in [1.54, 1.807) is 37.4 Å². The summed E-state index contributed by atoms with van der Waals surface area (Å²) in [6.07, 6.45) is 1.59. The molecule has 4 aromatic rings. The van der Waals surface area contributed by atoms with Gasteiger partial charge in [0.1, 0.15) is 22.8 Å². The summed E-state index contributed by atoms with van der Waals surface area (Å²) < 4.78 is 16.9. The number of rotatable bonds is 4. The number of hydrogen-bond acceptors (Lipinski definition) is 7. The lowest BCUT2D eigenvalue weighted by molar-refractivity contribution is 0.0958. The fourth-order valence-corrected chi connectivity index (χ4v) is 4.52. The molecule has 5 rings (SSSR count). The minimum absolute atomic E-state index is 0.141. The largest absolute Gasteiger partial charge is 0.367 e. The summed E-state index contributed by atoms with van der Waals surface area (Å²) in [4.78, 5) is 35.3. The number of nitrogens with one attached hydrogen (secondary N) is 2. The van der Waals surface area contributed by atoms with Crippen LogP contribution >= 0.6 is 0 Å².